The molecule has 0 saturated carbocycles. The molecule has 0 spiro atoms. The number of ether oxygens (including phenoxy) is 3. The molecule has 2 aromatic carbocycles. The minimum absolute atomic E-state index is 0.0862. The number of aromatic amines is 1. The molecule has 0 amide bonds. The van der Waals surface area contributed by atoms with Crippen molar-refractivity contribution in [2.45, 2.75) is 0 Å². The van der Waals surface area contributed by atoms with E-state index in [-0.39, 0.29) is 5.88 Å². The average molecular weight is 340 g/mol. The Balaban J connectivity index is 1.62. The van der Waals surface area contributed by atoms with E-state index in [0.717, 1.165) is 28.2 Å². The van der Waals surface area contributed by atoms with Crippen molar-refractivity contribution in [1.29, 1.82) is 0 Å². The lowest BCUT2D eigenvalue weighted by atomic mass is 10.2. The van der Waals surface area contributed by atoms with E-state index in [1.165, 1.54) is 0 Å². The highest BCUT2D eigenvalue weighted by Crippen LogP contribution is 2.28. The third kappa shape index (κ3) is 3.85. The number of H-pyrrole nitrogens is 1. The molecule has 0 aliphatic carbocycles. The van der Waals surface area contributed by atoms with E-state index >= 15 is 0 Å². The summed E-state index contributed by atoms with van der Waals surface area (Å²) < 4.78 is 15.9. The van der Waals surface area contributed by atoms with Crippen LogP contribution in [0.25, 0.3) is 10.9 Å². The summed E-state index contributed by atoms with van der Waals surface area (Å²) in [6.45, 7) is 0.914. The Bertz CT molecular complexity index is 869. The lowest BCUT2D eigenvalue weighted by molar-refractivity contribution is 0.328. The molecule has 1 heterocycles. The molecule has 0 fully saturated rings. The van der Waals surface area contributed by atoms with Crippen LogP contribution in [0.4, 0.5) is 0 Å². The summed E-state index contributed by atoms with van der Waals surface area (Å²) in [6.07, 6.45) is 1.64. The number of benzene rings is 2. The monoisotopic (exact) mass is 340 g/mol. The van der Waals surface area contributed by atoms with Gasteiger partial charge in [-0.15, -0.1) is 0 Å². The van der Waals surface area contributed by atoms with Gasteiger partial charge in [-0.3, -0.25) is 4.99 Å². The molecular weight excluding hydrogens is 320 g/mol. The first-order chi connectivity index (χ1) is 12.2. The molecular formula is C19H20N2O4. The van der Waals surface area contributed by atoms with Crippen LogP contribution >= 0.6 is 0 Å². The average Bonchev–Trinajstić information content (AvgIpc) is 2.96. The highest BCUT2D eigenvalue weighted by molar-refractivity contribution is 6.02. The van der Waals surface area contributed by atoms with E-state index in [4.69, 9.17) is 14.2 Å². The van der Waals surface area contributed by atoms with E-state index < -0.39 is 0 Å². The molecule has 0 atom stereocenters. The Labute approximate surface area is 145 Å². The van der Waals surface area contributed by atoms with Crippen molar-refractivity contribution in [3.63, 3.8) is 0 Å². The number of methoxy groups -OCH3 is 2. The van der Waals surface area contributed by atoms with Crippen LogP contribution in [0.5, 0.6) is 23.1 Å². The maximum atomic E-state index is 10.1. The van der Waals surface area contributed by atoms with Gasteiger partial charge in [-0.05, 0) is 42.5 Å². The molecule has 0 aliphatic rings. The number of hydrogen-bond donors (Lipinski definition) is 2. The lowest BCUT2D eigenvalue weighted by Crippen LogP contribution is -2.01. The normalized spacial score (nSPS) is 11.1. The van der Waals surface area contributed by atoms with E-state index in [1.54, 1.807) is 20.4 Å². The zero-order valence-electron chi connectivity index (χ0n) is 14.2. The molecule has 6 heteroatoms. The summed E-state index contributed by atoms with van der Waals surface area (Å²) in [5.41, 5.74) is 1.47. The smallest absolute Gasteiger partial charge is 0.198 e. The molecule has 0 unspecified atom stereocenters. The number of aromatic nitrogens is 1. The summed E-state index contributed by atoms with van der Waals surface area (Å²) in [4.78, 5) is 7.26. The van der Waals surface area contributed by atoms with Gasteiger partial charge in [0.05, 0.1) is 26.3 Å². The van der Waals surface area contributed by atoms with Gasteiger partial charge in [-0.2, -0.15) is 0 Å². The molecule has 2 N–H and O–H groups in total. The van der Waals surface area contributed by atoms with Crippen LogP contribution in [-0.4, -0.2) is 43.7 Å². The van der Waals surface area contributed by atoms with E-state index in [2.05, 4.69) is 9.98 Å². The maximum absolute atomic E-state index is 10.1. The van der Waals surface area contributed by atoms with Gasteiger partial charge in [-0.25, -0.2) is 0 Å². The molecule has 6 nitrogen and oxygen atoms in total. The lowest BCUT2D eigenvalue weighted by Gasteiger charge is -2.05. The zero-order chi connectivity index (χ0) is 17.6. The SMILES string of the molecule is COc1ccc(OCCN=Cc2c(O)[nH]c3ccc(OC)cc23)cc1. The van der Waals surface area contributed by atoms with Crippen molar-refractivity contribution in [2.24, 2.45) is 4.99 Å². The second-order valence-electron chi connectivity index (χ2n) is 5.36. The number of hydrogen-bond acceptors (Lipinski definition) is 5. The van der Waals surface area contributed by atoms with Crippen LogP contribution in [0.3, 0.4) is 0 Å². The number of nitrogens with zero attached hydrogens (tertiary/aromatic N) is 1. The fourth-order valence-corrected chi connectivity index (χ4v) is 2.48. The maximum Gasteiger partial charge on any atom is 0.198 e. The van der Waals surface area contributed by atoms with Gasteiger partial charge in [0.2, 0.25) is 0 Å². The second kappa shape index (κ2) is 7.61. The molecule has 0 aliphatic heterocycles. The minimum atomic E-state index is 0.0862. The summed E-state index contributed by atoms with van der Waals surface area (Å²) in [5.74, 6) is 2.36. The summed E-state index contributed by atoms with van der Waals surface area (Å²) in [6, 6.07) is 12.9. The van der Waals surface area contributed by atoms with E-state index in [9.17, 15) is 5.11 Å². The minimum Gasteiger partial charge on any atom is -0.497 e. The Morgan fingerprint density at radius 2 is 1.68 bits per heavy atom. The van der Waals surface area contributed by atoms with Gasteiger partial charge >= 0.3 is 0 Å². The molecule has 130 valence electrons. The first-order valence-electron chi connectivity index (χ1n) is 7.86. The number of aromatic hydroxyl groups is 1. The van der Waals surface area contributed by atoms with Crippen molar-refractivity contribution in [1.82, 2.24) is 4.98 Å². The largest absolute Gasteiger partial charge is 0.497 e. The topological polar surface area (TPSA) is 76.1 Å². The molecule has 0 bridgehead atoms. The van der Waals surface area contributed by atoms with Crippen LogP contribution in [0, 0.1) is 0 Å². The number of fused-ring (bicyclic) bond motifs is 1. The molecule has 0 saturated heterocycles. The predicted octanol–water partition coefficient (Wildman–Crippen LogP) is 3.39. The van der Waals surface area contributed by atoms with Crippen molar-refractivity contribution in [2.75, 3.05) is 27.4 Å². The standard InChI is InChI=1S/C19H20N2O4/c1-23-13-3-5-14(6-4-13)25-10-9-20-12-17-16-11-15(24-2)7-8-18(16)21-19(17)22/h3-8,11-12,21-22H,9-10H2,1-2H3. The molecule has 0 radical (unpaired) electrons. The number of nitrogens with one attached hydrogen (secondary N) is 1. The van der Waals surface area contributed by atoms with Gasteiger partial charge in [0.1, 0.15) is 23.9 Å². The highest BCUT2D eigenvalue weighted by atomic mass is 16.5. The van der Waals surface area contributed by atoms with Crippen molar-refractivity contribution >= 4 is 17.1 Å². The summed E-state index contributed by atoms with van der Waals surface area (Å²) in [7, 11) is 3.23. The fourth-order valence-electron chi connectivity index (χ4n) is 2.48. The third-order valence-corrected chi connectivity index (χ3v) is 3.79. The van der Waals surface area contributed by atoms with Crippen LogP contribution in [0.1, 0.15) is 5.56 Å². The fraction of sp³-hybridized carbons (Fsp3) is 0.211. The first-order valence-corrected chi connectivity index (χ1v) is 7.86. The molecule has 3 aromatic rings. The highest BCUT2D eigenvalue weighted by Gasteiger charge is 2.09. The van der Waals surface area contributed by atoms with Gasteiger partial charge in [0, 0.05) is 17.1 Å². The van der Waals surface area contributed by atoms with Gasteiger partial charge in [0.25, 0.3) is 0 Å². The zero-order valence-corrected chi connectivity index (χ0v) is 14.2. The molecule has 3 rings (SSSR count). The first kappa shape index (κ1) is 16.7. The quantitative estimate of drug-likeness (QED) is 0.511. The summed E-state index contributed by atoms with van der Waals surface area (Å²) >= 11 is 0. The van der Waals surface area contributed by atoms with Gasteiger partial charge in [-0.1, -0.05) is 0 Å². The second-order valence-corrected chi connectivity index (χ2v) is 5.36. The van der Waals surface area contributed by atoms with Gasteiger partial charge in [0.15, 0.2) is 5.88 Å². The van der Waals surface area contributed by atoms with Crippen molar-refractivity contribution in [3.8, 4) is 23.1 Å². The van der Waals surface area contributed by atoms with Crippen LogP contribution in [-0.2, 0) is 0 Å². The Hall–Kier alpha value is -3.15. The van der Waals surface area contributed by atoms with Crippen molar-refractivity contribution in [3.05, 3.63) is 48.0 Å². The Morgan fingerprint density at radius 3 is 2.40 bits per heavy atom. The Morgan fingerprint density at radius 1 is 1.00 bits per heavy atom. The predicted molar refractivity (Wildman–Crippen MR) is 97.5 cm³/mol. The third-order valence-electron chi connectivity index (χ3n) is 3.79. The number of rotatable bonds is 7. The van der Waals surface area contributed by atoms with Crippen LogP contribution in [0.15, 0.2) is 47.5 Å². The summed E-state index contributed by atoms with van der Waals surface area (Å²) in [5, 5.41) is 10.9. The van der Waals surface area contributed by atoms with Crippen molar-refractivity contribution < 1.29 is 19.3 Å². The number of aliphatic imine (C=N–C) groups is 1. The van der Waals surface area contributed by atoms with E-state index in [1.807, 2.05) is 42.5 Å². The van der Waals surface area contributed by atoms with Gasteiger partial charge < -0.3 is 24.3 Å². The van der Waals surface area contributed by atoms with E-state index in [0.29, 0.717) is 18.7 Å². The molecule has 1 aromatic heterocycles. The molecule has 25 heavy (non-hydrogen) atoms. The van der Waals surface area contributed by atoms with Crippen LogP contribution < -0.4 is 14.2 Å². The van der Waals surface area contributed by atoms with Crippen LogP contribution in [0.2, 0.25) is 0 Å². The Kier molecular flexibility index (Phi) is 5.09.